The van der Waals surface area contributed by atoms with Gasteiger partial charge in [0.25, 0.3) is 11.5 Å². The Morgan fingerprint density at radius 2 is 1.75 bits per heavy atom. The van der Waals surface area contributed by atoms with E-state index in [9.17, 15) is 14.9 Å². The first-order valence-electron chi connectivity index (χ1n) is 12.1. The fourth-order valence-corrected chi connectivity index (χ4v) is 5.84. The number of carbonyl (C=O) groups excluding carboxylic acids is 1. The molecule has 4 aromatic rings. The van der Waals surface area contributed by atoms with E-state index in [1.54, 1.807) is 73.8 Å². The first kappa shape index (κ1) is 26.8. The summed E-state index contributed by atoms with van der Waals surface area (Å²) < 4.78 is 12.6. The van der Waals surface area contributed by atoms with E-state index in [4.69, 9.17) is 26.8 Å². The van der Waals surface area contributed by atoms with Gasteiger partial charge in [-0.25, -0.2) is 0 Å². The predicted octanol–water partition coefficient (Wildman–Crippen LogP) is 3.65. The Kier molecular flexibility index (Phi) is 7.47. The zero-order chi connectivity index (χ0) is 28.4. The quantitative estimate of drug-likeness (QED) is 0.365. The van der Waals surface area contributed by atoms with Gasteiger partial charge in [-0.1, -0.05) is 35.9 Å². The molecule has 10 heteroatoms. The number of nitriles is 1. The molecule has 2 heterocycles. The van der Waals surface area contributed by atoms with E-state index in [1.165, 1.54) is 11.7 Å². The number of nitrogens with zero attached hydrogens (tertiary/aromatic N) is 2. The van der Waals surface area contributed by atoms with Gasteiger partial charge in [0.1, 0.15) is 22.0 Å². The number of amides is 1. The third-order valence-corrected chi connectivity index (χ3v) is 7.79. The summed E-state index contributed by atoms with van der Waals surface area (Å²) >= 11 is 7.15. The third kappa shape index (κ3) is 4.98. The molecule has 200 valence electrons. The van der Waals surface area contributed by atoms with E-state index in [0.717, 1.165) is 16.9 Å². The molecule has 0 aliphatic carbocycles. The van der Waals surface area contributed by atoms with Gasteiger partial charge in [-0.2, -0.15) is 5.26 Å². The van der Waals surface area contributed by atoms with Crippen molar-refractivity contribution in [1.29, 1.82) is 5.26 Å². The predicted molar refractivity (Wildman–Crippen MR) is 157 cm³/mol. The summed E-state index contributed by atoms with van der Waals surface area (Å²) in [4.78, 5) is 27.6. The number of carbonyl (C=O) groups is 1. The first-order chi connectivity index (χ1) is 19.3. The summed E-state index contributed by atoms with van der Waals surface area (Å²) in [5.74, 6) is -0.186. The number of methoxy groups -OCH3 is 2. The minimum Gasteiger partial charge on any atom is -0.497 e. The Hall–Kier alpha value is -4.78. The van der Waals surface area contributed by atoms with Gasteiger partial charge >= 0.3 is 0 Å². The second-order valence-corrected chi connectivity index (χ2v) is 10.3. The highest BCUT2D eigenvalue weighted by molar-refractivity contribution is 7.07. The van der Waals surface area contributed by atoms with Crippen molar-refractivity contribution in [3.63, 3.8) is 0 Å². The topological polar surface area (TPSA) is 119 Å². The summed E-state index contributed by atoms with van der Waals surface area (Å²) in [6, 6.07) is 23.1. The minimum atomic E-state index is -0.852. The highest BCUT2D eigenvalue weighted by Gasteiger charge is 2.35. The smallest absolute Gasteiger partial charge is 0.274 e. The Labute approximate surface area is 238 Å². The molecular formula is C30H23ClN4O4S. The van der Waals surface area contributed by atoms with Crippen molar-refractivity contribution in [3.8, 4) is 17.6 Å². The van der Waals surface area contributed by atoms with Gasteiger partial charge in [0.05, 0.1) is 41.9 Å². The summed E-state index contributed by atoms with van der Waals surface area (Å²) in [5, 5.41) is 13.6. The Morgan fingerprint density at radius 1 is 1.07 bits per heavy atom. The number of hydrogen-bond donors (Lipinski definition) is 2. The number of fused-ring (bicyclic) bond motifs is 1. The van der Waals surface area contributed by atoms with Crippen LogP contribution < -0.4 is 35.3 Å². The van der Waals surface area contributed by atoms with Crippen molar-refractivity contribution in [2.24, 2.45) is 5.73 Å². The summed E-state index contributed by atoms with van der Waals surface area (Å²) in [6.07, 6.45) is 1.70. The van der Waals surface area contributed by atoms with E-state index in [0.29, 0.717) is 37.0 Å². The molecule has 0 spiro atoms. The van der Waals surface area contributed by atoms with Crippen molar-refractivity contribution in [1.82, 2.24) is 4.57 Å². The van der Waals surface area contributed by atoms with Crippen LogP contribution in [0.1, 0.15) is 17.0 Å². The second-order valence-electron chi connectivity index (χ2n) is 8.83. The molecular weight excluding hydrogens is 548 g/mol. The Balaban J connectivity index is 1.80. The average Bonchev–Trinajstić information content (AvgIpc) is 3.29. The van der Waals surface area contributed by atoms with Crippen LogP contribution in [-0.4, -0.2) is 24.7 Å². The first-order valence-corrected chi connectivity index (χ1v) is 13.3. The van der Waals surface area contributed by atoms with E-state index in [-0.39, 0.29) is 17.0 Å². The molecule has 1 aromatic heterocycles. The number of hydrogen-bond acceptors (Lipinski definition) is 7. The molecule has 1 amide bonds. The second kappa shape index (κ2) is 11.1. The summed E-state index contributed by atoms with van der Waals surface area (Å²) in [6.45, 7) is 0. The van der Waals surface area contributed by atoms with E-state index in [2.05, 4.69) is 11.4 Å². The van der Waals surface area contributed by atoms with Crippen molar-refractivity contribution in [2.75, 3.05) is 19.5 Å². The van der Waals surface area contributed by atoms with E-state index in [1.807, 2.05) is 12.1 Å². The number of nitrogens with two attached hydrogens (primary N) is 1. The van der Waals surface area contributed by atoms with Gasteiger partial charge in [-0.05, 0) is 65.7 Å². The average molecular weight is 571 g/mol. The lowest BCUT2D eigenvalue weighted by molar-refractivity contribution is -0.111. The molecule has 1 aliphatic heterocycles. The molecule has 0 bridgehead atoms. The van der Waals surface area contributed by atoms with E-state index < -0.39 is 17.4 Å². The van der Waals surface area contributed by atoms with Crippen LogP contribution in [0.25, 0.3) is 17.5 Å². The highest BCUT2D eigenvalue weighted by Crippen LogP contribution is 2.37. The SMILES string of the molecule is COc1cccc(/C=c2\sc3n(c2=O)C(N)=C(C#N)C(c2cccc(OC)c2)C=3C(=O)Nc2ccc(Cl)cc2)c1. The van der Waals surface area contributed by atoms with Crippen LogP contribution in [0.15, 0.2) is 83.2 Å². The molecule has 3 N–H and O–H groups in total. The van der Waals surface area contributed by atoms with Crippen molar-refractivity contribution in [3.05, 3.63) is 114 Å². The number of allylic oxidation sites excluding steroid dienone is 1. The van der Waals surface area contributed by atoms with Gasteiger partial charge in [0, 0.05) is 10.7 Å². The molecule has 3 aromatic carbocycles. The number of thiazole rings is 1. The van der Waals surface area contributed by atoms with Crippen LogP contribution in [0.5, 0.6) is 11.5 Å². The van der Waals surface area contributed by atoms with Crippen LogP contribution in [0.2, 0.25) is 5.02 Å². The molecule has 1 unspecified atom stereocenters. The zero-order valence-corrected chi connectivity index (χ0v) is 23.0. The van der Waals surface area contributed by atoms with Crippen LogP contribution in [0, 0.1) is 11.3 Å². The Morgan fingerprint density at radius 3 is 2.42 bits per heavy atom. The van der Waals surface area contributed by atoms with Gasteiger partial charge in [0.2, 0.25) is 0 Å². The van der Waals surface area contributed by atoms with Crippen LogP contribution >= 0.6 is 22.9 Å². The standard InChI is InChI=1S/C30H23ClN4O4S/c1-38-21-7-3-5-17(13-21)14-24-29(37)35-27(33)23(16-32)25(18-6-4-8-22(15-18)39-2)26(30(35)40-24)28(36)34-20-11-9-19(31)10-12-20/h3-15,25H,33H2,1-2H3,(H,34,36)/b24-14-. The maximum Gasteiger partial charge on any atom is 0.274 e. The number of ether oxygens (including phenoxy) is 2. The normalized spacial score (nSPS) is 14.9. The number of rotatable bonds is 6. The highest BCUT2D eigenvalue weighted by atomic mass is 35.5. The van der Waals surface area contributed by atoms with Gasteiger partial charge in [-0.15, -0.1) is 11.3 Å². The largest absolute Gasteiger partial charge is 0.497 e. The molecule has 0 saturated heterocycles. The van der Waals surface area contributed by atoms with Crippen LogP contribution in [-0.2, 0) is 4.79 Å². The molecule has 0 radical (unpaired) electrons. The van der Waals surface area contributed by atoms with Crippen molar-refractivity contribution < 1.29 is 14.3 Å². The number of benzene rings is 3. The lowest BCUT2D eigenvalue weighted by Gasteiger charge is -2.25. The number of aromatic nitrogens is 1. The molecule has 5 rings (SSSR count). The zero-order valence-electron chi connectivity index (χ0n) is 21.5. The van der Waals surface area contributed by atoms with Gasteiger partial charge < -0.3 is 20.5 Å². The molecule has 0 saturated carbocycles. The monoisotopic (exact) mass is 570 g/mol. The summed E-state index contributed by atoms with van der Waals surface area (Å²) in [7, 11) is 3.09. The molecule has 1 aliphatic rings. The van der Waals surface area contributed by atoms with E-state index >= 15 is 0 Å². The van der Waals surface area contributed by atoms with Gasteiger partial charge in [0.15, 0.2) is 0 Å². The lowest BCUT2D eigenvalue weighted by Crippen LogP contribution is -2.40. The van der Waals surface area contributed by atoms with Gasteiger partial charge in [-0.3, -0.25) is 14.2 Å². The number of halogens is 1. The maximum atomic E-state index is 14.0. The minimum absolute atomic E-state index is 0.0279. The molecule has 8 nitrogen and oxygen atoms in total. The lowest BCUT2D eigenvalue weighted by atomic mass is 9.83. The molecule has 1 atom stereocenters. The number of anilines is 1. The third-order valence-electron chi connectivity index (χ3n) is 6.43. The fourth-order valence-electron chi connectivity index (χ4n) is 4.54. The molecule has 0 fully saturated rings. The maximum absolute atomic E-state index is 14.0. The summed E-state index contributed by atoms with van der Waals surface area (Å²) in [5.41, 5.74) is 8.19. The number of nitrogens with one attached hydrogen (secondary N) is 1. The van der Waals surface area contributed by atoms with Crippen LogP contribution in [0.4, 0.5) is 5.69 Å². The fraction of sp³-hybridized carbons (Fsp3) is 0.100. The van der Waals surface area contributed by atoms with Crippen molar-refractivity contribution >= 4 is 52.0 Å². The molecule has 40 heavy (non-hydrogen) atoms. The Bertz CT molecular complexity index is 1880. The van der Waals surface area contributed by atoms with Crippen molar-refractivity contribution in [2.45, 2.75) is 5.92 Å². The van der Waals surface area contributed by atoms with Crippen LogP contribution in [0.3, 0.4) is 0 Å².